The van der Waals surface area contributed by atoms with Gasteiger partial charge in [0.2, 0.25) is 0 Å². The number of fused-ring (bicyclic) bond motifs is 1. The summed E-state index contributed by atoms with van der Waals surface area (Å²) in [5.41, 5.74) is 9.69. The zero-order valence-electron chi connectivity index (χ0n) is 13.3. The second-order valence-electron chi connectivity index (χ2n) is 7.23. The van der Waals surface area contributed by atoms with Crippen LogP contribution in [0.4, 0.5) is 5.69 Å². The first-order valence-electron chi connectivity index (χ1n) is 8.28. The molecule has 1 aromatic rings. The molecule has 1 saturated carbocycles. The minimum absolute atomic E-state index is 0.117. The van der Waals surface area contributed by atoms with Gasteiger partial charge < -0.3 is 15.7 Å². The number of benzene rings is 1. The number of aliphatic hydroxyl groups excluding tert-OH is 1. The van der Waals surface area contributed by atoms with Crippen molar-refractivity contribution < 1.29 is 5.11 Å². The first-order valence-corrected chi connectivity index (χ1v) is 8.28. The summed E-state index contributed by atoms with van der Waals surface area (Å²) in [6, 6.07) is 6.50. The Balaban J connectivity index is 1.89. The van der Waals surface area contributed by atoms with Crippen LogP contribution in [0.3, 0.4) is 0 Å². The minimum Gasteiger partial charge on any atom is -0.388 e. The van der Waals surface area contributed by atoms with Gasteiger partial charge in [-0.3, -0.25) is 0 Å². The lowest BCUT2D eigenvalue weighted by Gasteiger charge is -2.35. The lowest BCUT2D eigenvalue weighted by molar-refractivity contribution is 0.0307. The average Bonchev–Trinajstić information content (AvgIpc) is 2.89. The molecule has 3 rings (SSSR count). The molecule has 3 nitrogen and oxygen atoms in total. The summed E-state index contributed by atoms with van der Waals surface area (Å²) in [5.74, 6) is 0.673. The monoisotopic (exact) mass is 288 g/mol. The Labute approximate surface area is 128 Å². The van der Waals surface area contributed by atoms with E-state index in [1.54, 1.807) is 0 Å². The fourth-order valence-electron chi connectivity index (χ4n) is 4.31. The SMILES string of the molecule is CC1CCC(CN)(C(O)c2ccc3c(c2)CCCN3C)C1. The molecule has 116 valence electrons. The van der Waals surface area contributed by atoms with Crippen LogP contribution < -0.4 is 10.6 Å². The lowest BCUT2D eigenvalue weighted by atomic mass is 9.76. The van der Waals surface area contributed by atoms with E-state index in [2.05, 4.69) is 37.1 Å². The number of hydrogen-bond donors (Lipinski definition) is 2. The first kappa shape index (κ1) is 14.9. The highest BCUT2D eigenvalue weighted by atomic mass is 16.3. The molecule has 3 N–H and O–H groups in total. The van der Waals surface area contributed by atoms with Gasteiger partial charge in [0.05, 0.1) is 6.10 Å². The van der Waals surface area contributed by atoms with Gasteiger partial charge in [0.25, 0.3) is 0 Å². The molecule has 0 spiro atoms. The largest absolute Gasteiger partial charge is 0.388 e. The quantitative estimate of drug-likeness (QED) is 0.899. The summed E-state index contributed by atoms with van der Waals surface area (Å²) in [4.78, 5) is 2.31. The van der Waals surface area contributed by atoms with E-state index in [0.29, 0.717) is 12.5 Å². The molecule has 1 aliphatic carbocycles. The number of rotatable bonds is 3. The van der Waals surface area contributed by atoms with Crippen molar-refractivity contribution in [3.8, 4) is 0 Å². The van der Waals surface area contributed by atoms with Crippen LogP contribution in [-0.2, 0) is 6.42 Å². The summed E-state index contributed by atoms with van der Waals surface area (Å²) < 4.78 is 0. The summed E-state index contributed by atoms with van der Waals surface area (Å²) in [7, 11) is 2.15. The van der Waals surface area contributed by atoms with Crippen molar-refractivity contribution in [1.82, 2.24) is 0 Å². The number of aliphatic hydroxyl groups is 1. The summed E-state index contributed by atoms with van der Waals surface area (Å²) in [6.07, 6.45) is 5.16. The molecule has 0 aromatic heterocycles. The summed E-state index contributed by atoms with van der Waals surface area (Å²) >= 11 is 0. The fraction of sp³-hybridized carbons (Fsp3) is 0.667. The predicted octanol–water partition coefficient (Wildman–Crippen LogP) is 2.87. The van der Waals surface area contributed by atoms with Crippen LogP contribution in [0.5, 0.6) is 0 Å². The van der Waals surface area contributed by atoms with E-state index >= 15 is 0 Å². The molecule has 21 heavy (non-hydrogen) atoms. The molecule has 3 heteroatoms. The normalized spacial score (nSPS) is 30.3. The van der Waals surface area contributed by atoms with E-state index in [1.807, 2.05) is 0 Å². The van der Waals surface area contributed by atoms with Crippen molar-refractivity contribution in [2.24, 2.45) is 17.1 Å². The fourth-order valence-corrected chi connectivity index (χ4v) is 4.31. The molecule has 0 amide bonds. The maximum Gasteiger partial charge on any atom is 0.0858 e. The third-order valence-corrected chi connectivity index (χ3v) is 5.65. The van der Waals surface area contributed by atoms with Crippen LogP contribution >= 0.6 is 0 Å². The Morgan fingerprint density at radius 1 is 1.48 bits per heavy atom. The van der Waals surface area contributed by atoms with Crippen LogP contribution in [0.2, 0.25) is 0 Å². The van der Waals surface area contributed by atoms with E-state index in [4.69, 9.17) is 5.73 Å². The van der Waals surface area contributed by atoms with Crippen molar-refractivity contribution in [3.05, 3.63) is 29.3 Å². The maximum atomic E-state index is 11.0. The van der Waals surface area contributed by atoms with Gasteiger partial charge in [-0.2, -0.15) is 0 Å². The standard InChI is InChI=1S/C18H28N2O/c1-13-7-8-18(11-13,12-19)17(21)15-5-6-16-14(10-15)4-3-9-20(16)2/h5-6,10,13,17,21H,3-4,7-9,11-12,19H2,1-2H3. The average molecular weight is 288 g/mol. The van der Waals surface area contributed by atoms with Crippen molar-refractivity contribution in [2.75, 3.05) is 25.0 Å². The molecule has 1 heterocycles. The van der Waals surface area contributed by atoms with Crippen LogP contribution in [0, 0.1) is 11.3 Å². The van der Waals surface area contributed by atoms with E-state index in [9.17, 15) is 5.11 Å². The first-order chi connectivity index (χ1) is 10.1. The topological polar surface area (TPSA) is 49.5 Å². The Kier molecular flexibility index (Phi) is 3.98. The number of nitrogens with two attached hydrogens (primary N) is 1. The van der Waals surface area contributed by atoms with Gasteiger partial charge in [-0.05, 0) is 48.8 Å². The van der Waals surface area contributed by atoms with E-state index in [1.165, 1.54) is 24.1 Å². The zero-order chi connectivity index (χ0) is 15.0. The number of nitrogens with zero attached hydrogens (tertiary/aromatic N) is 1. The van der Waals surface area contributed by atoms with Gasteiger partial charge in [0, 0.05) is 31.2 Å². The Bertz CT molecular complexity index is 516. The molecule has 3 atom stereocenters. The van der Waals surface area contributed by atoms with Gasteiger partial charge >= 0.3 is 0 Å². The van der Waals surface area contributed by atoms with Crippen molar-refractivity contribution in [2.45, 2.75) is 45.1 Å². The van der Waals surface area contributed by atoms with E-state index in [-0.39, 0.29) is 5.41 Å². The Morgan fingerprint density at radius 3 is 2.95 bits per heavy atom. The smallest absolute Gasteiger partial charge is 0.0858 e. The third kappa shape index (κ3) is 2.58. The second kappa shape index (κ2) is 5.62. The lowest BCUT2D eigenvalue weighted by Crippen LogP contribution is -2.34. The maximum absolute atomic E-state index is 11.0. The van der Waals surface area contributed by atoms with Gasteiger partial charge in [0.15, 0.2) is 0 Å². The summed E-state index contributed by atoms with van der Waals surface area (Å²) in [5, 5.41) is 11.0. The molecular weight excluding hydrogens is 260 g/mol. The molecule has 1 aromatic carbocycles. The highest BCUT2D eigenvalue weighted by Crippen LogP contribution is 2.49. The number of hydrogen-bond acceptors (Lipinski definition) is 3. The molecule has 0 radical (unpaired) electrons. The van der Waals surface area contributed by atoms with E-state index < -0.39 is 6.10 Å². The van der Waals surface area contributed by atoms with Crippen molar-refractivity contribution in [3.63, 3.8) is 0 Å². The highest BCUT2D eigenvalue weighted by molar-refractivity contribution is 5.56. The van der Waals surface area contributed by atoms with Crippen molar-refractivity contribution >= 4 is 5.69 Å². The molecular formula is C18H28N2O. The number of aryl methyl sites for hydroxylation is 1. The molecule has 1 aliphatic heterocycles. The molecule has 0 bridgehead atoms. The minimum atomic E-state index is -0.426. The van der Waals surface area contributed by atoms with Crippen LogP contribution in [0.25, 0.3) is 0 Å². The van der Waals surface area contributed by atoms with Crippen LogP contribution in [0.15, 0.2) is 18.2 Å². The molecule has 3 unspecified atom stereocenters. The van der Waals surface area contributed by atoms with Crippen molar-refractivity contribution in [1.29, 1.82) is 0 Å². The summed E-state index contributed by atoms with van der Waals surface area (Å²) in [6.45, 7) is 3.97. The van der Waals surface area contributed by atoms with Crippen LogP contribution in [-0.4, -0.2) is 25.2 Å². The van der Waals surface area contributed by atoms with Gasteiger partial charge in [-0.25, -0.2) is 0 Å². The molecule has 0 saturated heterocycles. The molecule has 2 aliphatic rings. The third-order valence-electron chi connectivity index (χ3n) is 5.65. The Morgan fingerprint density at radius 2 is 2.29 bits per heavy atom. The van der Waals surface area contributed by atoms with Crippen LogP contribution in [0.1, 0.15) is 49.8 Å². The Hall–Kier alpha value is -1.06. The number of anilines is 1. The second-order valence-corrected chi connectivity index (χ2v) is 7.23. The highest BCUT2D eigenvalue weighted by Gasteiger charge is 2.43. The van der Waals surface area contributed by atoms with E-state index in [0.717, 1.165) is 31.4 Å². The van der Waals surface area contributed by atoms with Gasteiger partial charge in [0.1, 0.15) is 0 Å². The zero-order valence-corrected chi connectivity index (χ0v) is 13.3. The van der Waals surface area contributed by atoms with Gasteiger partial charge in [-0.15, -0.1) is 0 Å². The predicted molar refractivity (Wildman–Crippen MR) is 87.5 cm³/mol. The van der Waals surface area contributed by atoms with Gasteiger partial charge in [-0.1, -0.05) is 25.5 Å². The molecule has 1 fully saturated rings.